The second kappa shape index (κ2) is 6.51. The Balaban J connectivity index is 1.80. The molecule has 1 aliphatic rings. The highest BCUT2D eigenvalue weighted by molar-refractivity contribution is 7.92. The van der Waals surface area contributed by atoms with Gasteiger partial charge in [0.15, 0.2) is 5.82 Å². The molecule has 8 nitrogen and oxygen atoms in total. The maximum absolute atomic E-state index is 15.1. The topological polar surface area (TPSA) is 105 Å². The first-order valence-electron chi connectivity index (χ1n) is 8.01. The summed E-state index contributed by atoms with van der Waals surface area (Å²) >= 11 is 0. The molecule has 0 atom stereocenters. The number of carbonyl (C=O) groups is 1. The largest absolute Gasteiger partial charge is 0.506 e. The fourth-order valence-electron chi connectivity index (χ4n) is 2.93. The van der Waals surface area contributed by atoms with E-state index in [1.54, 1.807) is 4.72 Å². The molecule has 3 aromatic rings. The van der Waals surface area contributed by atoms with E-state index >= 15 is 4.39 Å². The van der Waals surface area contributed by atoms with Crippen LogP contribution in [0.1, 0.15) is 0 Å². The SMILES string of the molecule is O=C1CN(c2c(O)ccc(-c3cn(-c4cc(F)cc(F)c4)cn3)c2F)S(=O)(=O)N1. The van der Waals surface area contributed by atoms with Crippen LogP contribution in [-0.2, 0) is 15.0 Å². The lowest BCUT2D eigenvalue weighted by Gasteiger charge is -2.18. The summed E-state index contributed by atoms with van der Waals surface area (Å²) in [5, 5.41) is 9.99. The van der Waals surface area contributed by atoms with Crippen molar-refractivity contribution in [1.29, 1.82) is 0 Å². The number of hydrogen-bond acceptors (Lipinski definition) is 5. The summed E-state index contributed by atoms with van der Waals surface area (Å²) in [6.45, 7) is -0.701. The van der Waals surface area contributed by atoms with Gasteiger partial charge in [-0.15, -0.1) is 0 Å². The Kier molecular flexibility index (Phi) is 4.22. The van der Waals surface area contributed by atoms with Crippen molar-refractivity contribution < 1.29 is 31.5 Å². The zero-order chi connectivity index (χ0) is 20.9. The normalized spacial score (nSPS) is 15.6. The Morgan fingerprint density at radius 1 is 1.10 bits per heavy atom. The second-order valence-electron chi connectivity index (χ2n) is 6.13. The second-order valence-corrected chi connectivity index (χ2v) is 7.72. The summed E-state index contributed by atoms with van der Waals surface area (Å²) < 4.78 is 69.3. The number of amides is 1. The molecule has 1 amide bonds. The van der Waals surface area contributed by atoms with E-state index in [-0.39, 0.29) is 16.9 Å². The van der Waals surface area contributed by atoms with E-state index in [0.29, 0.717) is 10.4 Å². The Hall–Kier alpha value is -3.54. The summed E-state index contributed by atoms with van der Waals surface area (Å²) in [4.78, 5) is 15.4. The number of nitrogens with one attached hydrogen (secondary N) is 1. The van der Waals surface area contributed by atoms with Crippen LogP contribution in [0.3, 0.4) is 0 Å². The van der Waals surface area contributed by atoms with Crippen molar-refractivity contribution in [1.82, 2.24) is 14.3 Å². The minimum Gasteiger partial charge on any atom is -0.506 e. The van der Waals surface area contributed by atoms with Crippen LogP contribution < -0.4 is 9.03 Å². The molecule has 0 radical (unpaired) electrons. The fraction of sp³-hybridized carbons (Fsp3) is 0.0588. The van der Waals surface area contributed by atoms with Crippen LogP contribution in [0.25, 0.3) is 16.9 Å². The van der Waals surface area contributed by atoms with Gasteiger partial charge in [-0.2, -0.15) is 8.42 Å². The van der Waals surface area contributed by atoms with Crippen LogP contribution >= 0.6 is 0 Å². The summed E-state index contributed by atoms with van der Waals surface area (Å²) in [5.74, 6) is -4.35. The average molecular weight is 424 g/mol. The Labute approximate surface area is 162 Å². The van der Waals surface area contributed by atoms with E-state index in [9.17, 15) is 27.1 Å². The predicted octanol–water partition coefficient (Wildman–Crippen LogP) is 1.84. The first-order chi connectivity index (χ1) is 13.7. The van der Waals surface area contributed by atoms with Gasteiger partial charge in [-0.3, -0.25) is 4.79 Å². The molecule has 0 saturated carbocycles. The minimum absolute atomic E-state index is 0.00398. The number of nitrogens with zero attached hydrogens (tertiary/aromatic N) is 3. The molecule has 2 heterocycles. The molecule has 4 rings (SSSR count). The molecule has 2 aromatic carbocycles. The highest BCUT2D eigenvalue weighted by Crippen LogP contribution is 2.38. The van der Waals surface area contributed by atoms with Crippen molar-refractivity contribution in [3.63, 3.8) is 0 Å². The number of carbonyl (C=O) groups excluding carboxylic acids is 1. The quantitative estimate of drug-likeness (QED) is 0.668. The van der Waals surface area contributed by atoms with Gasteiger partial charge in [0.25, 0.3) is 5.91 Å². The first-order valence-corrected chi connectivity index (χ1v) is 9.45. The molecule has 0 aliphatic carbocycles. The third-order valence-electron chi connectivity index (χ3n) is 4.17. The summed E-state index contributed by atoms with van der Waals surface area (Å²) in [6.07, 6.45) is 2.46. The van der Waals surface area contributed by atoms with Gasteiger partial charge < -0.3 is 9.67 Å². The van der Waals surface area contributed by atoms with Gasteiger partial charge in [-0.25, -0.2) is 27.2 Å². The minimum atomic E-state index is -4.36. The van der Waals surface area contributed by atoms with E-state index < -0.39 is 51.5 Å². The molecule has 1 fully saturated rings. The monoisotopic (exact) mass is 424 g/mol. The standard InChI is InChI=1S/C17H11F3N4O4S/c18-9-3-10(19)5-11(4-9)23-6-13(21-8-23)12-1-2-14(25)17(16(12)20)24-7-15(26)22-29(24,27)28/h1-6,8,25H,7H2,(H,22,26). The fourth-order valence-corrected chi connectivity index (χ4v) is 4.09. The van der Waals surface area contributed by atoms with Gasteiger partial charge in [0.2, 0.25) is 0 Å². The smallest absolute Gasteiger partial charge is 0.326 e. The van der Waals surface area contributed by atoms with Crippen molar-refractivity contribution >= 4 is 21.8 Å². The van der Waals surface area contributed by atoms with E-state index in [1.807, 2.05) is 0 Å². The van der Waals surface area contributed by atoms with Gasteiger partial charge in [-0.1, -0.05) is 0 Å². The van der Waals surface area contributed by atoms with Crippen LogP contribution in [0.5, 0.6) is 5.75 Å². The third-order valence-corrected chi connectivity index (χ3v) is 5.55. The number of benzene rings is 2. The molecule has 0 bridgehead atoms. The highest BCUT2D eigenvalue weighted by Gasteiger charge is 2.38. The molecular weight excluding hydrogens is 413 g/mol. The van der Waals surface area contributed by atoms with Crippen LogP contribution in [0, 0.1) is 17.5 Å². The van der Waals surface area contributed by atoms with Gasteiger partial charge >= 0.3 is 10.2 Å². The maximum Gasteiger partial charge on any atom is 0.326 e. The molecule has 29 heavy (non-hydrogen) atoms. The number of halogens is 3. The Morgan fingerprint density at radius 3 is 2.41 bits per heavy atom. The summed E-state index contributed by atoms with van der Waals surface area (Å²) in [6, 6.07) is 4.99. The number of imidazole rings is 1. The molecule has 0 unspecified atom stereocenters. The first kappa shape index (κ1) is 18.8. The van der Waals surface area contributed by atoms with Gasteiger partial charge in [-0.05, 0) is 24.3 Å². The van der Waals surface area contributed by atoms with Crippen LogP contribution in [-0.4, -0.2) is 35.5 Å². The third kappa shape index (κ3) is 3.27. The van der Waals surface area contributed by atoms with Crippen molar-refractivity contribution in [2.45, 2.75) is 0 Å². The lowest BCUT2D eigenvalue weighted by molar-refractivity contribution is -0.117. The predicted molar refractivity (Wildman–Crippen MR) is 94.9 cm³/mol. The van der Waals surface area contributed by atoms with Crippen LogP contribution in [0.2, 0.25) is 0 Å². The number of anilines is 1. The van der Waals surface area contributed by atoms with Crippen molar-refractivity contribution in [3.05, 3.63) is 60.3 Å². The zero-order valence-corrected chi connectivity index (χ0v) is 15.1. The maximum atomic E-state index is 15.1. The Morgan fingerprint density at radius 2 is 1.79 bits per heavy atom. The van der Waals surface area contributed by atoms with E-state index in [4.69, 9.17) is 0 Å². The van der Waals surface area contributed by atoms with E-state index in [2.05, 4.69) is 4.98 Å². The van der Waals surface area contributed by atoms with Gasteiger partial charge in [0.1, 0.15) is 29.6 Å². The molecule has 2 N–H and O–H groups in total. The summed E-state index contributed by atoms with van der Waals surface area (Å²) in [7, 11) is -4.36. The average Bonchev–Trinajstić information content (AvgIpc) is 3.19. The molecule has 0 spiro atoms. The van der Waals surface area contributed by atoms with Crippen molar-refractivity contribution in [2.24, 2.45) is 0 Å². The zero-order valence-electron chi connectivity index (χ0n) is 14.3. The number of phenols is 1. The number of aromatic hydroxyl groups is 1. The van der Waals surface area contributed by atoms with Crippen molar-refractivity contribution in [2.75, 3.05) is 10.8 Å². The Bertz CT molecular complexity index is 1240. The highest BCUT2D eigenvalue weighted by atomic mass is 32.2. The van der Waals surface area contributed by atoms with Crippen LogP contribution in [0.15, 0.2) is 42.9 Å². The van der Waals surface area contributed by atoms with Gasteiger partial charge in [0, 0.05) is 17.8 Å². The summed E-state index contributed by atoms with van der Waals surface area (Å²) in [5.41, 5.74) is -0.808. The number of phenolic OH excluding ortho intramolecular Hbond substituents is 1. The lowest BCUT2D eigenvalue weighted by Crippen LogP contribution is -2.30. The van der Waals surface area contributed by atoms with E-state index in [0.717, 1.165) is 24.3 Å². The van der Waals surface area contributed by atoms with E-state index in [1.165, 1.54) is 17.1 Å². The molecule has 150 valence electrons. The number of hydrogen-bond donors (Lipinski definition) is 2. The molecular formula is C17H11F3N4O4S. The van der Waals surface area contributed by atoms with Gasteiger partial charge in [0.05, 0.1) is 17.7 Å². The van der Waals surface area contributed by atoms with Crippen LogP contribution in [0.4, 0.5) is 18.9 Å². The lowest BCUT2D eigenvalue weighted by atomic mass is 10.1. The molecule has 12 heteroatoms. The number of rotatable bonds is 3. The number of aromatic nitrogens is 2. The molecule has 1 aliphatic heterocycles. The van der Waals surface area contributed by atoms with Crippen molar-refractivity contribution in [3.8, 4) is 22.7 Å². The molecule has 1 saturated heterocycles. The molecule has 1 aromatic heterocycles.